The number of thiocarbonyl (C=S) groups is 1. The first-order valence-electron chi connectivity index (χ1n) is 14.2. The van der Waals surface area contributed by atoms with Gasteiger partial charge in [0, 0.05) is 71.6 Å². The van der Waals surface area contributed by atoms with Crippen LogP contribution in [-0.2, 0) is 27.7 Å². The molecule has 2 unspecified atom stereocenters. The topological polar surface area (TPSA) is 114 Å². The van der Waals surface area contributed by atoms with Gasteiger partial charge in [0.05, 0.1) is 12.1 Å². The summed E-state index contributed by atoms with van der Waals surface area (Å²) in [4.78, 5) is 19.9. The number of nitrogens with two attached hydrogens (primary N) is 1. The predicted molar refractivity (Wildman–Crippen MR) is 167 cm³/mol. The van der Waals surface area contributed by atoms with Gasteiger partial charge in [-0.1, -0.05) is 49.5 Å². The van der Waals surface area contributed by atoms with E-state index in [9.17, 15) is 13.2 Å². The van der Waals surface area contributed by atoms with Gasteiger partial charge in [0.2, 0.25) is 10.0 Å². The Hall–Kier alpha value is -3.34. The summed E-state index contributed by atoms with van der Waals surface area (Å²) in [5, 5.41) is 1.10. The van der Waals surface area contributed by atoms with E-state index in [1.165, 1.54) is 0 Å². The van der Waals surface area contributed by atoms with E-state index in [4.69, 9.17) is 18.0 Å². The number of hydrogen-bond acceptors (Lipinski definition) is 5. The van der Waals surface area contributed by atoms with Gasteiger partial charge >= 0.3 is 0 Å². The van der Waals surface area contributed by atoms with Crippen LogP contribution in [0.3, 0.4) is 0 Å². The van der Waals surface area contributed by atoms with Crippen LogP contribution in [0.15, 0.2) is 61.2 Å². The van der Waals surface area contributed by atoms with E-state index in [1.807, 2.05) is 32.0 Å². The summed E-state index contributed by atoms with van der Waals surface area (Å²) < 4.78 is 29.7. The molecule has 3 heterocycles. The molecule has 1 saturated heterocycles. The van der Waals surface area contributed by atoms with Gasteiger partial charge in [-0.25, -0.2) is 13.4 Å². The summed E-state index contributed by atoms with van der Waals surface area (Å²) in [7, 11) is -3.26. The number of fused-ring (bicyclic) bond motifs is 1. The van der Waals surface area contributed by atoms with E-state index in [-0.39, 0.29) is 23.6 Å². The van der Waals surface area contributed by atoms with Crippen molar-refractivity contribution in [3.63, 3.8) is 0 Å². The van der Waals surface area contributed by atoms with Crippen LogP contribution < -0.4 is 5.73 Å². The van der Waals surface area contributed by atoms with Gasteiger partial charge in [-0.2, -0.15) is 4.31 Å². The Balaban J connectivity index is 1.47. The van der Waals surface area contributed by atoms with Crippen LogP contribution in [0.1, 0.15) is 62.4 Å². The highest BCUT2D eigenvalue weighted by atomic mass is 32.2. The molecular formula is C31H37N5O3S2. The van der Waals surface area contributed by atoms with E-state index in [1.54, 1.807) is 16.8 Å². The number of imidazole rings is 1. The molecular weight excluding hydrogens is 555 g/mol. The number of piperidine rings is 1. The van der Waals surface area contributed by atoms with Crippen molar-refractivity contribution < 1.29 is 13.2 Å². The normalized spacial score (nSPS) is 18.1. The van der Waals surface area contributed by atoms with Gasteiger partial charge in [-0.3, -0.25) is 4.79 Å². The molecule has 2 atom stereocenters. The Morgan fingerprint density at radius 2 is 2.05 bits per heavy atom. The highest BCUT2D eigenvalue weighted by Gasteiger charge is 2.34. The van der Waals surface area contributed by atoms with Crippen molar-refractivity contribution in [3.8, 4) is 11.1 Å². The number of sulfonamides is 1. The zero-order valence-electron chi connectivity index (χ0n) is 23.5. The second kappa shape index (κ2) is 12.3. The molecule has 8 nitrogen and oxygen atoms in total. The maximum Gasteiger partial charge on any atom is 0.214 e. The van der Waals surface area contributed by atoms with Gasteiger partial charge < -0.3 is 15.3 Å². The average Bonchev–Trinajstić information content (AvgIpc) is 3.59. The number of hydrogen-bond donors (Lipinski definition) is 2. The first-order chi connectivity index (χ1) is 19.7. The zero-order valence-corrected chi connectivity index (χ0v) is 25.2. The van der Waals surface area contributed by atoms with Crippen LogP contribution in [0, 0.1) is 0 Å². The number of aromatic amines is 1. The minimum atomic E-state index is -3.26. The number of nitrogens with one attached hydrogen (secondary N) is 1. The Labute approximate surface area is 247 Å². The Morgan fingerprint density at radius 1 is 1.22 bits per heavy atom. The van der Waals surface area contributed by atoms with Crippen LogP contribution in [0.25, 0.3) is 22.0 Å². The Bertz CT molecular complexity index is 1660. The molecule has 1 fully saturated rings. The largest absolute Gasteiger partial charge is 0.389 e. The van der Waals surface area contributed by atoms with E-state index in [0.29, 0.717) is 37.2 Å². The SMILES string of the molecule is CCCS(=O)(=O)N1CCC(n2cc(-c3cccc(C(N)=S)c3)c3ccc(CCC(=O)Cc4cnc[nH]4)cc32)CC1C. The first kappa shape index (κ1) is 29.2. The first-order valence-corrected chi connectivity index (χ1v) is 16.2. The van der Waals surface area contributed by atoms with Gasteiger partial charge in [-0.05, 0) is 55.9 Å². The van der Waals surface area contributed by atoms with Crippen molar-refractivity contribution in [2.24, 2.45) is 5.73 Å². The lowest BCUT2D eigenvalue weighted by Crippen LogP contribution is -2.45. The van der Waals surface area contributed by atoms with Crippen molar-refractivity contribution in [1.82, 2.24) is 18.8 Å². The fourth-order valence-electron chi connectivity index (χ4n) is 5.96. The summed E-state index contributed by atoms with van der Waals surface area (Å²) in [5.41, 5.74) is 11.9. The maximum absolute atomic E-state index is 12.9. The van der Waals surface area contributed by atoms with E-state index in [0.717, 1.165) is 51.7 Å². The third kappa shape index (κ3) is 6.45. The molecule has 4 aromatic rings. The van der Waals surface area contributed by atoms with Crippen LogP contribution >= 0.6 is 12.2 Å². The molecule has 10 heteroatoms. The predicted octanol–water partition coefficient (Wildman–Crippen LogP) is 5.18. The zero-order chi connectivity index (χ0) is 29.1. The molecule has 0 saturated carbocycles. The summed E-state index contributed by atoms with van der Waals surface area (Å²) in [6.45, 7) is 4.41. The third-order valence-corrected chi connectivity index (χ3v) is 10.4. The van der Waals surface area contributed by atoms with E-state index < -0.39 is 10.0 Å². The molecule has 1 aliphatic heterocycles. The number of carbonyl (C=O) groups excluding carboxylic acids is 1. The maximum atomic E-state index is 12.9. The lowest BCUT2D eigenvalue weighted by atomic mass is 9.99. The van der Waals surface area contributed by atoms with E-state index >= 15 is 0 Å². The Kier molecular flexibility index (Phi) is 8.72. The van der Waals surface area contributed by atoms with E-state index in [2.05, 4.69) is 45.0 Å². The molecule has 0 spiro atoms. The lowest BCUT2D eigenvalue weighted by Gasteiger charge is -2.37. The fraction of sp³-hybridized carbons (Fsp3) is 0.387. The van der Waals surface area contributed by atoms with Crippen molar-refractivity contribution >= 4 is 43.9 Å². The van der Waals surface area contributed by atoms with Gasteiger partial charge in [0.15, 0.2) is 0 Å². The second-order valence-electron chi connectivity index (χ2n) is 11.0. The number of aryl methyl sites for hydroxylation is 1. The average molecular weight is 592 g/mol. The molecule has 5 rings (SSSR count). The quantitative estimate of drug-likeness (QED) is 0.233. The smallest absolute Gasteiger partial charge is 0.214 e. The molecule has 0 amide bonds. The minimum Gasteiger partial charge on any atom is -0.389 e. The third-order valence-electron chi connectivity index (χ3n) is 7.99. The van der Waals surface area contributed by atoms with Gasteiger partial charge in [-0.15, -0.1) is 0 Å². The van der Waals surface area contributed by atoms with Crippen LogP contribution in [0.5, 0.6) is 0 Å². The summed E-state index contributed by atoms with van der Waals surface area (Å²) >= 11 is 5.24. The van der Waals surface area contributed by atoms with Crippen molar-refractivity contribution in [2.45, 2.75) is 64.5 Å². The molecule has 0 radical (unpaired) electrons. The number of Topliss-reactive ketones (excluding diaryl/α,β-unsaturated/α-hetero) is 1. The molecule has 41 heavy (non-hydrogen) atoms. The number of carbonyl (C=O) groups is 1. The molecule has 2 aromatic carbocycles. The number of rotatable bonds is 11. The number of H-pyrrole nitrogens is 1. The molecule has 3 N–H and O–H groups in total. The number of benzene rings is 2. The Morgan fingerprint density at radius 3 is 2.76 bits per heavy atom. The monoisotopic (exact) mass is 591 g/mol. The molecule has 0 bridgehead atoms. The van der Waals surface area contributed by atoms with Crippen LogP contribution in [0.4, 0.5) is 0 Å². The lowest BCUT2D eigenvalue weighted by molar-refractivity contribution is -0.118. The summed E-state index contributed by atoms with van der Waals surface area (Å²) in [6.07, 6.45) is 8.96. The minimum absolute atomic E-state index is 0.0903. The summed E-state index contributed by atoms with van der Waals surface area (Å²) in [6, 6.07) is 14.4. The molecule has 216 valence electrons. The molecule has 2 aromatic heterocycles. The molecule has 0 aliphatic carbocycles. The van der Waals surface area contributed by atoms with Crippen LogP contribution in [0.2, 0.25) is 0 Å². The van der Waals surface area contributed by atoms with Crippen molar-refractivity contribution in [2.75, 3.05) is 12.3 Å². The van der Waals surface area contributed by atoms with Crippen LogP contribution in [-0.4, -0.2) is 56.4 Å². The van der Waals surface area contributed by atoms with Gasteiger partial charge in [0.1, 0.15) is 10.8 Å². The van der Waals surface area contributed by atoms with Gasteiger partial charge in [0.25, 0.3) is 0 Å². The van der Waals surface area contributed by atoms with Crippen molar-refractivity contribution in [1.29, 1.82) is 0 Å². The fourth-order valence-corrected chi connectivity index (χ4v) is 7.85. The number of aromatic nitrogens is 3. The standard InChI is InChI=1S/C31H37N5O3S2/c1-3-13-41(38,39)36-12-11-26(14-21(36)2)35-19-29(23-5-4-6-24(16-23)31(32)40)28-10-8-22(15-30(28)35)7-9-27(37)17-25-18-33-20-34-25/h4-6,8,10,15-16,18-21,26H,3,7,9,11-14,17H2,1-2H3,(H2,32,40)(H,33,34). The highest BCUT2D eigenvalue weighted by molar-refractivity contribution is 7.89. The molecule has 1 aliphatic rings. The highest BCUT2D eigenvalue weighted by Crippen LogP contribution is 2.38. The number of nitrogens with zero attached hydrogens (tertiary/aromatic N) is 3. The second-order valence-corrected chi connectivity index (χ2v) is 13.5. The summed E-state index contributed by atoms with van der Waals surface area (Å²) in [5.74, 6) is 0.343. The number of ketones is 1. The van der Waals surface area contributed by atoms with Crippen molar-refractivity contribution in [3.05, 3.63) is 78.0 Å².